The predicted molar refractivity (Wildman–Crippen MR) is 102 cm³/mol. The van der Waals surface area contributed by atoms with Crippen molar-refractivity contribution in [2.24, 2.45) is 0 Å². The lowest BCUT2D eigenvalue weighted by molar-refractivity contribution is -0.910. The van der Waals surface area contributed by atoms with E-state index in [-0.39, 0.29) is 12.4 Å². The molecule has 0 aliphatic rings. The molecule has 0 fully saturated rings. The van der Waals surface area contributed by atoms with E-state index in [0.717, 1.165) is 0 Å². The van der Waals surface area contributed by atoms with Gasteiger partial charge in [-0.05, 0) is 38.5 Å². The molecule has 1 nitrogen and oxygen atoms in total. The number of rotatable bonds is 17. The highest BCUT2D eigenvalue weighted by atomic mass is 35.5. The number of quaternary nitrogens is 1. The highest BCUT2D eigenvalue weighted by Gasteiger charge is 2.19. The fraction of sp³-hybridized carbons (Fsp3) is 1.00. The van der Waals surface area contributed by atoms with Crippen LogP contribution in [0.15, 0.2) is 0 Å². The molecule has 0 heterocycles. The normalized spacial score (nSPS) is 11.5. The number of unbranched alkanes of at least 4 members (excludes halogenated alkanes) is 11. The number of halogens is 1. The van der Waals surface area contributed by atoms with Crippen LogP contribution in [0.1, 0.15) is 111 Å². The molecule has 0 amide bonds. The molecule has 23 heavy (non-hydrogen) atoms. The zero-order valence-electron chi connectivity index (χ0n) is 16.8. The average molecular weight is 348 g/mol. The van der Waals surface area contributed by atoms with Crippen molar-refractivity contribution in [2.75, 3.05) is 26.7 Å². The molecule has 0 N–H and O–H groups in total. The molecule has 0 aliphatic heterocycles. The molecule has 0 radical (unpaired) electrons. The van der Waals surface area contributed by atoms with Crippen LogP contribution < -0.4 is 12.4 Å². The van der Waals surface area contributed by atoms with Crippen LogP contribution in [0.3, 0.4) is 0 Å². The van der Waals surface area contributed by atoms with Crippen molar-refractivity contribution in [2.45, 2.75) is 111 Å². The lowest BCUT2D eigenvalue weighted by Gasteiger charge is -2.35. The molecular formula is C21H46ClN. The average Bonchev–Trinajstić information content (AvgIpc) is 2.52. The highest BCUT2D eigenvalue weighted by Crippen LogP contribution is 2.15. The van der Waals surface area contributed by atoms with Gasteiger partial charge in [-0.2, -0.15) is 0 Å². The minimum absolute atomic E-state index is 0. The third-order valence-electron chi connectivity index (χ3n) is 5.15. The molecule has 0 saturated carbocycles. The summed E-state index contributed by atoms with van der Waals surface area (Å²) in [6.07, 6.45) is 19.9. The van der Waals surface area contributed by atoms with E-state index in [1.807, 2.05) is 0 Å². The van der Waals surface area contributed by atoms with E-state index in [0.29, 0.717) is 0 Å². The monoisotopic (exact) mass is 347 g/mol. The van der Waals surface area contributed by atoms with Crippen LogP contribution in [0.4, 0.5) is 0 Å². The summed E-state index contributed by atoms with van der Waals surface area (Å²) in [5.74, 6) is 0. The fourth-order valence-electron chi connectivity index (χ4n) is 3.45. The van der Waals surface area contributed by atoms with Crippen LogP contribution in [0.2, 0.25) is 0 Å². The van der Waals surface area contributed by atoms with Gasteiger partial charge in [0.1, 0.15) is 0 Å². The van der Waals surface area contributed by atoms with E-state index >= 15 is 0 Å². The van der Waals surface area contributed by atoms with Gasteiger partial charge in [-0.15, -0.1) is 0 Å². The first-order valence-corrected chi connectivity index (χ1v) is 10.5. The van der Waals surface area contributed by atoms with Crippen LogP contribution in [0.25, 0.3) is 0 Å². The second-order valence-corrected chi connectivity index (χ2v) is 7.68. The van der Waals surface area contributed by atoms with Crippen LogP contribution >= 0.6 is 0 Å². The first kappa shape index (κ1) is 25.5. The molecule has 0 saturated heterocycles. The molecule has 0 aromatic heterocycles. The van der Waals surface area contributed by atoms with Crippen molar-refractivity contribution < 1.29 is 16.9 Å². The Labute approximate surface area is 154 Å². The fourth-order valence-corrected chi connectivity index (χ4v) is 3.45. The smallest absolute Gasteiger partial charge is 0.0784 e. The van der Waals surface area contributed by atoms with Crippen molar-refractivity contribution in [1.82, 2.24) is 0 Å². The van der Waals surface area contributed by atoms with Crippen molar-refractivity contribution in [3.8, 4) is 0 Å². The molecular weight excluding hydrogens is 302 g/mol. The van der Waals surface area contributed by atoms with Gasteiger partial charge in [-0.25, -0.2) is 0 Å². The molecule has 0 spiro atoms. The Morgan fingerprint density at radius 3 is 1.04 bits per heavy atom. The van der Waals surface area contributed by atoms with Crippen LogP contribution in [-0.2, 0) is 0 Å². The minimum atomic E-state index is 0. The molecule has 0 aromatic carbocycles. The maximum atomic E-state index is 2.53. The molecule has 2 heteroatoms. The topological polar surface area (TPSA) is 0 Å². The third kappa shape index (κ3) is 16.9. The van der Waals surface area contributed by atoms with Gasteiger partial charge in [0.05, 0.1) is 26.7 Å². The second-order valence-electron chi connectivity index (χ2n) is 7.68. The summed E-state index contributed by atoms with van der Waals surface area (Å²) in [6.45, 7) is 11.2. The summed E-state index contributed by atoms with van der Waals surface area (Å²) in [6, 6.07) is 0. The highest BCUT2D eigenvalue weighted by molar-refractivity contribution is 4.49. The Balaban J connectivity index is 0. The van der Waals surface area contributed by atoms with Crippen molar-refractivity contribution in [3.05, 3.63) is 0 Å². The van der Waals surface area contributed by atoms with Crippen LogP contribution in [0, 0.1) is 0 Å². The standard InChI is InChI=1S/C21H46N.ClH/c1-5-8-11-14-15-18-21-22(4,19-16-12-9-6-2)20-17-13-10-7-3;/h5-21H2,1-4H3;1H/q+1;/p-1. The summed E-state index contributed by atoms with van der Waals surface area (Å²) in [4.78, 5) is 0. The second kappa shape index (κ2) is 18.6. The van der Waals surface area contributed by atoms with Crippen LogP contribution in [0.5, 0.6) is 0 Å². The van der Waals surface area contributed by atoms with Gasteiger partial charge >= 0.3 is 0 Å². The molecule has 0 bridgehead atoms. The summed E-state index contributed by atoms with van der Waals surface area (Å²) < 4.78 is 1.35. The lowest BCUT2D eigenvalue weighted by atomic mass is 10.1. The number of hydrogen-bond donors (Lipinski definition) is 0. The summed E-state index contributed by atoms with van der Waals surface area (Å²) in [7, 11) is 2.53. The number of hydrogen-bond acceptors (Lipinski definition) is 0. The third-order valence-corrected chi connectivity index (χ3v) is 5.15. The van der Waals surface area contributed by atoms with E-state index < -0.39 is 0 Å². The maximum absolute atomic E-state index is 2.53. The Morgan fingerprint density at radius 1 is 0.435 bits per heavy atom. The minimum Gasteiger partial charge on any atom is -1.00 e. The van der Waals surface area contributed by atoms with Gasteiger partial charge in [0.15, 0.2) is 0 Å². The zero-order chi connectivity index (χ0) is 16.5. The molecule has 0 aromatic rings. The van der Waals surface area contributed by atoms with Gasteiger partial charge in [-0.1, -0.05) is 72.1 Å². The van der Waals surface area contributed by atoms with E-state index in [1.165, 1.54) is 114 Å². The lowest BCUT2D eigenvalue weighted by Crippen LogP contribution is -3.00. The molecule has 142 valence electrons. The molecule has 0 atom stereocenters. The summed E-state index contributed by atoms with van der Waals surface area (Å²) >= 11 is 0. The maximum Gasteiger partial charge on any atom is 0.0784 e. The largest absolute Gasteiger partial charge is 1.00 e. The Kier molecular flexibility index (Phi) is 20.6. The summed E-state index contributed by atoms with van der Waals surface area (Å²) in [5.41, 5.74) is 0. The van der Waals surface area contributed by atoms with Gasteiger partial charge in [-0.3, -0.25) is 0 Å². The SMILES string of the molecule is CCCCCCCC[N+](C)(CCCCCC)CCCCCC.[Cl-]. The molecule has 0 unspecified atom stereocenters. The first-order chi connectivity index (χ1) is 10.7. The quantitative estimate of drug-likeness (QED) is 0.276. The van der Waals surface area contributed by atoms with Crippen molar-refractivity contribution in [1.29, 1.82) is 0 Å². The summed E-state index contributed by atoms with van der Waals surface area (Å²) in [5, 5.41) is 0. The van der Waals surface area contributed by atoms with E-state index in [1.54, 1.807) is 0 Å². The van der Waals surface area contributed by atoms with Crippen LogP contribution in [-0.4, -0.2) is 31.2 Å². The van der Waals surface area contributed by atoms with Gasteiger partial charge in [0, 0.05) is 0 Å². The Morgan fingerprint density at radius 2 is 0.696 bits per heavy atom. The van der Waals surface area contributed by atoms with Crippen molar-refractivity contribution >= 4 is 0 Å². The Bertz CT molecular complexity index is 206. The number of nitrogens with zero attached hydrogens (tertiary/aromatic N) is 1. The van der Waals surface area contributed by atoms with E-state index in [2.05, 4.69) is 27.8 Å². The predicted octanol–water partition coefficient (Wildman–Crippen LogP) is 3.96. The van der Waals surface area contributed by atoms with E-state index in [9.17, 15) is 0 Å². The Hall–Kier alpha value is 0.250. The molecule has 0 rings (SSSR count). The zero-order valence-corrected chi connectivity index (χ0v) is 17.6. The van der Waals surface area contributed by atoms with Gasteiger partial charge in [0.25, 0.3) is 0 Å². The van der Waals surface area contributed by atoms with Gasteiger partial charge < -0.3 is 16.9 Å². The van der Waals surface area contributed by atoms with E-state index in [4.69, 9.17) is 0 Å². The van der Waals surface area contributed by atoms with Gasteiger partial charge in [0.2, 0.25) is 0 Å². The van der Waals surface area contributed by atoms with Crippen molar-refractivity contribution in [3.63, 3.8) is 0 Å². The first-order valence-electron chi connectivity index (χ1n) is 10.5. The molecule has 0 aliphatic carbocycles.